The summed E-state index contributed by atoms with van der Waals surface area (Å²) < 4.78 is -0.711. The third kappa shape index (κ3) is 5.31. The highest BCUT2D eigenvalue weighted by atomic mass is 32.2. The summed E-state index contributed by atoms with van der Waals surface area (Å²) in [5.41, 5.74) is 2.02. The van der Waals surface area contributed by atoms with Gasteiger partial charge in [-0.3, -0.25) is 14.4 Å². The molecule has 3 aliphatic rings. The number of fused-ring (bicyclic) bond motifs is 1. The lowest BCUT2D eigenvalue weighted by atomic mass is 9.65. The zero-order valence-corrected chi connectivity index (χ0v) is 25.1. The van der Waals surface area contributed by atoms with Gasteiger partial charge in [0.15, 0.2) is 0 Å². The largest absolute Gasteiger partial charge is 0.396 e. The van der Waals surface area contributed by atoms with E-state index in [2.05, 4.69) is 20.1 Å². The molecule has 3 saturated heterocycles. The second-order valence-electron chi connectivity index (χ2n) is 11.6. The van der Waals surface area contributed by atoms with Crippen LogP contribution in [0.3, 0.4) is 0 Å². The number of hydrogen-bond acceptors (Lipinski definition) is 5. The molecule has 3 heterocycles. The summed E-state index contributed by atoms with van der Waals surface area (Å²) in [5.74, 6) is -1.35. The second-order valence-corrected chi connectivity index (χ2v) is 13.2. The van der Waals surface area contributed by atoms with Crippen molar-refractivity contribution < 1.29 is 19.5 Å². The quantitative estimate of drug-likeness (QED) is 0.357. The molecule has 0 aliphatic carbocycles. The van der Waals surface area contributed by atoms with Crippen molar-refractivity contribution in [3.63, 3.8) is 0 Å². The molecular formula is C34H41N3O4S. The molecule has 0 aromatic heterocycles. The Hall–Kier alpha value is -3.36. The molecule has 3 fully saturated rings. The van der Waals surface area contributed by atoms with Crippen molar-refractivity contribution in [2.24, 2.45) is 17.8 Å². The monoisotopic (exact) mass is 587 g/mol. The van der Waals surface area contributed by atoms with E-state index in [4.69, 9.17) is 0 Å². The number of carbonyl (C=O) groups is 3. The Labute approximate surface area is 253 Å². The zero-order valence-electron chi connectivity index (χ0n) is 24.3. The van der Waals surface area contributed by atoms with Gasteiger partial charge in [0.05, 0.1) is 16.6 Å². The van der Waals surface area contributed by atoms with Gasteiger partial charge in [-0.15, -0.1) is 24.9 Å². The van der Waals surface area contributed by atoms with Crippen molar-refractivity contribution in [1.82, 2.24) is 14.7 Å². The highest BCUT2D eigenvalue weighted by Gasteiger charge is 2.76. The molecule has 222 valence electrons. The van der Waals surface area contributed by atoms with Crippen molar-refractivity contribution in [3.05, 3.63) is 97.1 Å². The van der Waals surface area contributed by atoms with Crippen LogP contribution in [-0.4, -0.2) is 79.8 Å². The van der Waals surface area contributed by atoms with Crippen molar-refractivity contribution in [2.75, 3.05) is 26.2 Å². The molecule has 3 aliphatic heterocycles. The fraction of sp³-hybridized carbons (Fsp3) is 0.441. The molecule has 2 aromatic carbocycles. The second kappa shape index (κ2) is 12.9. The minimum absolute atomic E-state index is 0.0400. The van der Waals surface area contributed by atoms with Crippen LogP contribution in [0.4, 0.5) is 0 Å². The van der Waals surface area contributed by atoms with Gasteiger partial charge < -0.3 is 19.8 Å². The Morgan fingerprint density at radius 2 is 1.52 bits per heavy atom. The van der Waals surface area contributed by atoms with Gasteiger partial charge in [-0.25, -0.2) is 0 Å². The molecule has 6 atom stereocenters. The van der Waals surface area contributed by atoms with E-state index in [0.29, 0.717) is 32.6 Å². The summed E-state index contributed by atoms with van der Waals surface area (Å²) in [7, 11) is 0. The molecule has 8 heteroatoms. The van der Waals surface area contributed by atoms with Gasteiger partial charge >= 0.3 is 0 Å². The van der Waals surface area contributed by atoms with E-state index in [9.17, 15) is 19.5 Å². The highest BCUT2D eigenvalue weighted by molar-refractivity contribution is 8.02. The van der Waals surface area contributed by atoms with E-state index in [1.807, 2.05) is 60.7 Å². The number of hydrogen-bond donors (Lipinski definition) is 1. The van der Waals surface area contributed by atoms with Gasteiger partial charge in [0.25, 0.3) is 0 Å². The Morgan fingerprint density at radius 1 is 0.976 bits per heavy atom. The number of rotatable bonds is 13. The topological polar surface area (TPSA) is 81.2 Å². The minimum atomic E-state index is -0.713. The van der Waals surface area contributed by atoms with E-state index >= 15 is 0 Å². The first-order chi connectivity index (χ1) is 20.4. The number of amides is 3. The van der Waals surface area contributed by atoms with Crippen molar-refractivity contribution in [3.8, 4) is 0 Å². The first-order valence-electron chi connectivity index (χ1n) is 14.8. The summed E-state index contributed by atoms with van der Waals surface area (Å²) >= 11 is 1.68. The lowest BCUT2D eigenvalue weighted by Crippen LogP contribution is -2.57. The number of likely N-dealkylation sites (tertiary alicyclic amines) is 1. The Morgan fingerprint density at radius 3 is 2.05 bits per heavy atom. The fourth-order valence-electron chi connectivity index (χ4n) is 7.33. The normalized spacial score (nSPS) is 27.5. The molecule has 3 amide bonds. The summed E-state index contributed by atoms with van der Waals surface area (Å²) in [5, 5.41) is 9.66. The predicted molar refractivity (Wildman–Crippen MR) is 166 cm³/mol. The Bertz CT molecular complexity index is 1300. The third-order valence-corrected chi connectivity index (χ3v) is 11.2. The first kappa shape index (κ1) is 30.1. The van der Waals surface area contributed by atoms with E-state index in [-0.39, 0.29) is 42.0 Å². The van der Waals surface area contributed by atoms with E-state index in [1.54, 1.807) is 38.6 Å². The molecular weight excluding hydrogens is 546 g/mol. The van der Waals surface area contributed by atoms with Crippen LogP contribution in [0.15, 0.2) is 86.0 Å². The zero-order chi connectivity index (χ0) is 29.9. The van der Waals surface area contributed by atoms with Crippen LogP contribution in [0.25, 0.3) is 0 Å². The standard InChI is InChI=1S/C34H41N3O4S/c1-4-17-35(22-25-13-8-6-9-14-25)31(39)28-27-21-24(3)34(42-27)29(28)32(40)37(19-12-20-38)30(34)33(41)36(18-5-2)23-26-15-10-7-11-16-26/h4-11,13-16,24,27-30,38H,1-2,12,17-23H2,3H3/t24?,27-,28+,29-,30?,34?/m0/s1. The van der Waals surface area contributed by atoms with Gasteiger partial charge in [-0.05, 0) is 29.9 Å². The van der Waals surface area contributed by atoms with Crippen LogP contribution in [0.5, 0.6) is 0 Å². The van der Waals surface area contributed by atoms with E-state index < -0.39 is 22.6 Å². The smallest absolute Gasteiger partial charge is 0.247 e. The third-order valence-electron chi connectivity index (χ3n) is 9.08. The molecule has 2 bridgehead atoms. The maximum Gasteiger partial charge on any atom is 0.247 e. The molecule has 0 saturated carbocycles. The number of thioether (sulfide) groups is 1. The maximum atomic E-state index is 14.6. The van der Waals surface area contributed by atoms with Gasteiger partial charge in [0.1, 0.15) is 6.04 Å². The predicted octanol–water partition coefficient (Wildman–Crippen LogP) is 4.14. The molecule has 7 nitrogen and oxygen atoms in total. The van der Waals surface area contributed by atoms with Crippen LogP contribution >= 0.6 is 11.8 Å². The van der Waals surface area contributed by atoms with Crippen molar-refractivity contribution in [1.29, 1.82) is 0 Å². The molecule has 3 unspecified atom stereocenters. The number of benzene rings is 2. The molecule has 5 rings (SSSR count). The van der Waals surface area contributed by atoms with Crippen LogP contribution in [-0.2, 0) is 27.5 Å². The van der Waals surface area contributed by atoms with Crippen LogP contribution in [0.1, 0.15) is 30.9 Å². The van der Waals surface area contributed by atoms with Gasteiger partial charge in [-0.2, -0.15) is 0 Å². The number of carbonyl (C=O) groups excluding carboxylic acids is 3. The average molecular weight is 588 g/mol. The van der Waals surface area contributed by atoms with Crippen LogP contribution in [0.2, 0.25) is 0 Å². The van der Waals surface area contributed by atoms with Crippen molar-refractivity contribution >= 4 is 29.5 Å². The van der Waals surface area contributed by atoms with E-state index in [1.165, 1.54) is 0 Å². The van der Waals surface area contributed by atoms with Crippen molar-refractivity contribution in [2.45, 2.75) is 48.9 Å². The minimum Gasteiger partial charge on any atom is -0.396 e. The summed E-state index contributed by atoms with van der Waals surface area (Å²) in [6.07, 6.45) is 4.59. The van der Waals surface area contributed by atoms with Crippen LogP contribution < -0.4 is 0 Å². The average Bonchev–Trinajstić information content (AvgIpc) is 3.59. The summed E-state index contributed by atoms with van der Waals surface area (Å²) in [6, 6.07) is 19.0. The number of nitrogens with zero attached hydrogens (tertiary/aromatic N) is 3. The molecule has 1 N–H and O–H groups in total. The molecule has 1 spiro atoms. The maximum absolute atomic E-state index is 14.6. The van der Waals surface area contributed by atoms with Gasteiger partial charge in [-0.1, -0.05) is 79.7 Å². The highest BCUT2D eigenvalue weighted by Crippen LogP contribution is 2.69. The Balaban J connectivity index is 1.51. The summed E-state index contributed by atoms with van der Waals surface area (Å²) in [4.78, 5) is 48.6. The lowest BCUT2D eigenvalue weighted by molar-refractivity contribution is -0.145. The number of aliphatic hydroxyl groups is 1. The van der Waals surface area contributed by atoms with Crippen LogP contribution in [0, 0.1) is 17.8 Å². The van der Waals surface area contributed by atoms with Gasteiger partial charge in [0.2, 0.25) is 17.7 Å². The fourth-order valence-corrected chi connectivity index (χ4v) is 9.74. The molecule has 2 aromatic rings. The van der Waals surface area contributed by atoms with Gasteiger partial charge in [0, 0.05) is 44.6 Å². The van der Waals surface area contributed by atoms with E-state index in [0.717, 1.165) is 17.5 Å². The molecule has 42 heavy (non-hydrogen) atoms. The Kier molecular flexibility index (Phi) is 9.23. The molecule has 0 radical (unpaired) electrons. The SMILES string of the molecule is C=CCN(Cc1ccccc1)C(=O)C1N(CCCO)C(=O)[C@@H]2[C@H](C(=O)N(CC=C)Cc3ccccc3)[C@@H]3CC(C)C12S3. The number of aliphatic hydroxyl groups excluding tert-OH is 1. The summed E-state index contributed by atoms with van der Waals surface area (Å²) in [6.45, 7) is 11.7. The first-order valence-corrected chi connectivity index (χ1v) is 15.7. The lowest BCUT2D eigenvalue weighted by Gasteiger charge is -2.41.